The minimum atomic E-state index is 0.326. The van der Waals surface area contributed by atoms with Crippen LogP contribution in [0.3, 0.4) is 0 Å². The first-order valence-corrected chi connectivity index (χ1v) is 6.46. The third kappa shape index (κ3) is 10.2. The van der Waals surface area contributed by atoms with Crippen LogP contribution >= 0.6 is 0 Å². The van der Waals surface area contributed by atoms with E-state index in [4.69, 9.17) is 4.74 Å². The van der Waals surface area contributed by atoms with E-state index >= 15 is 0 Å². The average Bonchev–Trinajstić information content (AvgIpc) is 2.25. The van der Waals surface area contributed by atoms with Crippen molar-refractivity contribution in [2.24, 2.45) is 0 Å². The molecular weight excluding hydrogens is 186 g/mol. The van der Waals surface area contributed by atoms with Crippen molar-refractivity contribution in [3.8, 4) is 0 Å². The fourth-order valence-corrected chi connectivity index (χ4v) is 1.61. The molecule has 0 amide bonds. The van der Waals surface area contributed by atoms with Crippen LogP contribution in [0.15, 0.2) is 0 Å². The van der Waals surface area contributed by atoms with Gasteiger partial charge in [-0.1, -0.05) is 39.0 Å². The molecule has 0 aliphatic carbocycles. The monoisotopic (exact) mass is 215 g/mol. The van der Waals surface area contributed by atoms with Gasteiger partial charge in [-0.3, -0.25) is 0 Å². The maximum absolute atomic E-state index is 5.20. The number of ether oxygens (including phenoxy) is 1. The Bertz CT molecular complexity index is 128. The molecule has 0 saturated carbocycles. The molecule has 0 fully saturated rings. The molecular formula is C13H29NO. The highest BCUT2D eigenvalue weighted by Gasteiger charge is 2.03. The van der Waals surface area contributed by atoms with Gasteiger partial charge in [0, 0.05) is 19.7 Å². The Hall–Kier alpha value is -0.0800. The Kier molecular flexibility index (Phi) is 10.4. The standard InChI is InChI=1S/C13H29NO/c1-5-6-7-8-9-10-12(2)14-11-13(3)15-4/h12-14H,5-11H2,1-4H3. The van der Waals surface area contributed by atoms with Crippen LogP contribution in [0.4, 0.5) is 0 Å². The Morgan fingerprint density at radius 3 is 2.33 bits per heavy atom. The van der Waals surface area contributed by atoms with Gasteiger partial charge < -0.3 is 10.1 Å². The van der Waals surface area contributed by atoms with Crippen LogP contribution in [-0.4, -0.2) is 25.8 Å². The number of unbranched alkanes of at least 4 members (excludes halogenated alkanes) is 4. The Labute approximate surface area is 95.8 Å². The molecule has 0 rings (SSSR count). The van der Waals surface area contributed by atoms with Gasteiger partial charge in [0.2, 0.25) is 0 Å². The van der Waals surface area contributed by atoms with Crippen LogP contribution in [-0.2, 0) is 4.74 Å². The zero-order chi connectivity index (χ0) is 11.5. The molecule has 92 valence electrons. The minimum Gasteiger partial charge on any atom is -0.380 e. The van der Waals surface area contributed by atoms with E-state index in [1.807, 2.05) is 0 Å². The summed E-state index contributed by atoms with van der Waals surface area (Å²) >= 11 is 0. The first-order chi connectivity index (χ1) is 7.20. The fourth-order valence-electron chi connectivity index (χ4n) is 1.61. The summed E-state index contributed by atoms with van der Waals surface area (Å²) in [5.74, 6) is 0. The molecule has 0 heterocycles. The third-order valence-corrected chi connectivity index (χ3v) is 2.90. The van der Waals surface area contributed by atoms with Gasteiger partial charge in [0.05, 0.1) is 6.10 Å². The van der Waals surface area contributed by atoms with Crippen LogP contribution in [0.1, 0.15) is 59.3 Å². The van der Waals surface area contributed by atoms with Gasteiger partial charge in [0.1, 0.15) is 0 Å². The molecule has 0 bridgehead atoms. The topological polar surface area (TPSA) is 21.3 Å². The van der Waals surface area contributed by atoms with Crippen molar-refractivity contribution in [3.05, 3.63) is 0 Å². The quantitative estimate of drug-likeness (QED) is 0.564. The van der Waals surface area contributed by atoms with Crippen LogP contribution in [0.2, 0.25) is 0 Å². The molecule has 0 spiro atoms. The van der Waals surface area contributed by atoms with Gasteiger partial charge in [-0.05, 0) is 20.3 Å². The van der Waals surface area contributed by atoms with E-state index in [-0.39, 0.29) is 0 Å². The summed E-state index contributed by atoms with van der Waals surface area (Å²) in [7, 11) is 1.77. The largest absolute Gasteiger partial charge is 0.380 e. The highest BCUT2D eigenvalue weighted by atomic mass is 16.5. The summed E-state index contributed by atoms with van der Waals surface area (Å²) in [4.78, 5) is 0. The van der Waals surface area contributed by atoms with E-state index in [0.29, 0.717) is 12.1 Å². The second-order valence-corrected chi connectivity index (χ2v) is 4.56. The number of nitrogens with one attached hydrogen (secondary N) is 1. The zero-order valence-electron chi connectivity index (χ0n) is 11.0. The van der Waals surface area contributed by atoms with E-state index in [1.54, 1.807) is 7.11 Å². The Morgan fingerprint density at radius 2 is 1.73 bits per heavy atom. The molecule has 0 aromatic carbocycles. The maximum Gasteiger partial charge on any atom is 0.0667 e. The lowest BCUT2D eigenvalue weighted by Crippen LogP contribution is -2.33. The molecule has 0 aromatic rings. The second-order valence-electron chi connectivity index (χ2n) is 4.56. The first kappa shape index (κ1) is 14.9. The molecule has 2 nitrogen and oxygen atoms in total. The van der Waals surface area contributed by atoms with Crippen LogP contribution in [0, 0.1) is 0 Å². The van der Waals surface area contributed by atoms with Gasteiger partial charge in [-0.2, -0.15) is 0 Å². The van der Waals surface area contributed by atoms with Gasteiger partial charge in [0.25, 0.3) is 0 Å². The molecule has 0 aromatic heterocycles. The van der Waals surface area contributed by atoms with Crippen molar-refractivity contribution in [1.82, 2.24) is 5.32 Å². The number of rotatable bonds is 10. The Morgan fingerprint density at radius 1 is 1.07 bits per heavy atom. The molecule has 1 N–H and O–H groups in total. The number of hydrogen-bond donors (Lipinski definition) is 1. The first-order valence-electron chi connectivity index (χ1n) is 6.46. The predicted molar refractivity (Wildman–Crippen MR) is 67.3 cm³/mol. The lowest BCUT2D eigenvalue weighted by atomic mass is 10.1. The van der Waals surface area contributed by atoms with Crippen molar-refractivity contribution in [1.29, 1.82) is 0 Å². The lowest BCUT2D eigenvalue weighted by molar-refractivity contribution is 0.114. The van der Waals surface area contributed by atoms with Gasteiger partial charge in [0.15, 0.2) is 0 Å². The summed E-state index contributed by atoms with van der Waals surface area (Å²) in [6.45, 7) is 7.59. The molecule has 2 unspecified atom stereocenters. The number of methoxy groups -OCH3 is 1. The van der Waals surface area contributed by atoms with E-state index < -0.39 is 0 Å². The third-order valence-electron chi connectivity index (χ3n) is 2.90. The van der Waals surface area contributed by atoms with E-state index in [0.717, 1.165) is 6.54 Å². The van der Waals surface area contributed by atoms with Crippen molar-refractivity contribution >= 4 is 0 Å². The highest BCUT2D eigenvalue weighted by Crippen LogP contribution is 2.07. The summed E-state index contributed by atoms with van der Waals surface area (Å²) < 4.78 is 5.20. The van der Waals surface area contributed by atoms with Gasteiger partial charge >= 0.3 is 0 Å². The van der Waals surface area contributed by atoms with Gasteiger partial charge in [-0.25, -0.2) is 0 Å². The average molecular weight is 215 g/mol. The van der Waals surface area contributed by atoms with Crippen LogP contribution in [0.25, 0.3) is 0 Å². The van der Waals surface area contributed by atoms with Gasteiger partial charge in [-0.15, -0.1) is 0 Å². The van der Waals surface area contributed by atoms with E-state index in [1.165, 1.54) is 38.5 Å². The van der Waals surface area contributed by atoms with Crippen molar-refractivity contribution in [3.63, 3.8) is 0 Å². The summed E-state index contributed by atoms with van der Waals surface area (Å²) in [6.07, 6.45) is 8.49. The zero-order valence-corrected chi connectivity index (χ0v) is 11.0. The van der Waals surface area contributed by atoms with E-state index in [2.05, 4.69) is 26.1 Å². The van der Waals surface area contributed by atoms with Crippen molar-refractivity contribution in [2.45, 2.75) is 71.4 Å². The second kappa shape index (κ2) is 10.4. The van der Waals surface area contributed by atoms with Crippen molar-refractivity contribution in [2.75, 3.05) is 13.7 Å². The summed E-state index contributed by atoms with van der Waals surface area (Å²) in [6, 6.07) is 0.629. The smallest absolute Gasteiger partial charge is 0.0667 e. The normalized spacial score (nSPS) is 15.2. The lowest BCUT2D eigenvalue weighted by Gasteiger charge is -2.16. The molecule has 0 radical (unpaired) electrons. The van der Waals surface area contributed by atoms with Crippen molar-refractivity contribution < 1.29 is 4.74 Å². The number of hydrogen-bond acceptors (Lipinski definition) is 2. The molecule has 2 atom stereocenters. The van der Waals surface area contributed by atoms with Crippen LogP contribution < -0.4 is 5.32 Å². The SMILES string of the molecule is CCCCCCCC(C)NCC(C)OC. The molecule has 2 heteroatoms. The predicted octanol–water partition coefficient (Wildman–Crippen LogP) is 3.36. The molecule has 0 aliphatic rings. The summed E-state index contributed by atoms with van der Waals surface area (Å²) in [5, 5.41) is 3.50. The Balaban J connectivity index is 3.21. The maximum atomic E-state index is 5.20. The highest BCUT2D eigenvalue weighted by molar-refractivity contribution is 4.63. The van der Waals surface area contributed by atoms with Crippen LogP contribution in [0.5, 0.6) is 0 Å². The minimum absolute atomic E-state index is 0.326. The molecule has 0 saturated heterocycles. The summed E-state index contributed by atoms with van der Waals surface area (Å²) in [5.41, 5.74) is 0. The van der Waals surface area contributed by atoms with E-state index in [9.17, 15) is 0 Å². The molecule has 15 heavy (non-hydrogen) atoms. The molecule has 0 aliphatic heterocycles. The fraction of sp³-hybridized carbons (Fsp3) is 1.00.